The molecule has 1 aliphatic carbocycles. The zero-order valence-corrected chi connectivity index (χ0v) is 12.3. The summed E-state index contributed by atoms with van der Waals surface area (Å²) in [6.45, 7) is 0.225. The van der Waals surface area contributed by atoms with E-state index in [0.717, 1.165) is 12.8 Å². The van der Waals surface area contributed by atoms with Crippen molar-refractivity contribution in [3.05, 3.63) is 53.2 Å². The molecule has 1 heterocycles. The Kier molecular flexibility index (Phi) is 3.62. The van der Waals surface area contributed by atoms with Gasteiger partial charge in [-0.2, -0.15) is 4.31 Å². The summed E-state index contributed by atoms with van der Waals surface area (Å²) in [6, 6.07) is 9.49. The van der Waals surface area contributed by atoms with Crippen LogP contribution in [0.25, 0.3) is 0 Å². The van der Waals surface area contributed by atoms with E-state index in [1.54, 1.807) is 29.6 Å². The number of hydrogen-bond donors (Lipinski definition) is 0. The minimum absolute atomic E-state index is 0.0466. The SMILES string of the molecule is O=S(=O)(c1cccs1)N(Cc1cccc(F)c1)C1CC1. The van der Waals surface area contributed by atoms with E-state index < -0.39 is 10.0 Å². The molecule has 106 valence electrons. The van der Waals surface area contributed by atoms with Gasteiger partial charge >= 0.3 is 0 Å². The summed E-state index contributed by atoms with van der Waals surface area (Å²) < 4.78 is 40.3. The fourth-order valence-corrected chi connectivity index (χ4v) is 4.91. The molecule has 6 heteroatoms. The maximum atomic E-state index is 13.2. The largest absolute Gasteiger partial charge is 0.253 e. The van der Waals surface area contributed by atoms with Crippen LogP contribution in [-0.2, 0) is 16.6 Å². The molecule has 0 saturated heterocycles. The van der Waals surface area contributed by atoms with Crippen LogP contribution in [0.3, 0.4) is 0 Å². The molecular formula is C14H14FNO2S2. The molecule has 1 saturated carbocycles. The second kappa shape index (κ2) is 5.27. The summed E-state index contributed by atoms with van der Waals surface area (Å²) in [5, 5.41) is 1.75. The molecule has 0 aliphatic heterocycles. The van der Waals surface area contributed by atoms with Crippen LogP contribution in [0.5, 0.6) is 0 Å². The van der Waals surface area contributed by atoms with E-state index in [9.17, 15) is 12.8 Å². The fraction of sp³-hybridized carbons (Fsp3) is 0.286. The van der Waals surface area contributed by atoms with Gasteiger partial charge in [-0.1, -0.05) is 18.2 Å². The Bertz CT molecular complexity index is 694. The quantitative estimate of drug-likeness (QED) is 0.850. The maximum absolute atomic E-state index is 13.2. The first kappa shape index (κ1) is 13.7. The summed E-state index contributed by atoms with van der Waals surface area (Å²) >= 11 is 1.21. The van der Waals surface area contributed by atoms with Gasteiger partial charge in [0.05, 0.1) is 0 Å². The Labute approximate surface area is 121 Å². The number of rotatable bonds is 5. The number of sulfonamides is 1. The number of hydrogen-bond acceptors (Lipinski definition) is 3. The van der Waals surface area contributed by atoms with Gasteiger partial charge in [-0.15, -0.1) is 11.3 Å². The molecule has 0 unspecified atom stereocenters. The Balaban J connectivity index is 1.90. The summed E-state index contributed by atoms with van der Waals surface area (Å²) in [5.41, 5.74) is 0.678. The van der Waals surface area contributed by atoms with Crippen LogP contribution < -0.4 is 0 Å². The van der Waals surface area contributed by atoms with Crippen molar-refractivity contribution in [2.45, 2.75) is 29.6 Å². The molecule has 0 N–H and O–H groups in total. The Morgan fingerprint density at radius 2 is 2.05 bits per heavy atom. The van der Waals surface area contributed by atoms with Crippen LogP contribution in [0.4, 0.5) is 4.39 Å². The van der Waals surface area contributed by atoms with Crippen molar-refractivity contribution in [3.8, 4) is 0 Å². The zero-order valence-electron chi connectivity index (χ0n) is 10.7. The maximum Gasteiger partial charge on any atom is 0.253 e. The first-order valence-corrected chi connectivity index (χ1v) is 8.69. The molecule has 0 spiro atoms. The highest BCUT2D eigenvalue weighted by atomic mass is 32.2. The summed E-state index contributed by atoms with van der Waals surface area (Å²) in [4.78, 5) is 0. The molecule has 2 aromatic rings. The molecule has 0 bridgehead atoms. The average Bonchev–Trinajstić information content (AvgIpc) is 3.08. The van der Waals surface area contributed by atoms with Gasteiger partial charge in [-0.25, -0.2) is 12.8 Å². The molecule has 0 amide bonds. The Morgan fingerprint density at radius 3 is 2.65 bits per heavy atom. The number of thiophene rings is 1. The lowest BCUT2D eigenvalue weighted by Gasteiger charge is -2.21. The summed E-state index contributed by atoms with van der Waals surface area (Å²) in [5.74, 6) is -0.341. The lowest BCUT2D eigenvalue weighted by atomic mass is 10.2. The van der Waals surface area contributed by atoms with Crippen molar-refractivity contribution >= 4 is 21.4 Å². The highest BCUT2D eigenvalue weighted by molar-refractivity contribution is 7.91. The fourth-order valence-electron chi connectivity index (χ4n) is 2.11. The van der Waals surface area contributed by atoms with E-state index in [0.29, 0.717) is 9.77 Å². The topological polar surface area (TPSA) is 37.4 Å². The van der Waals surface area contributed by atoms with Gasteiger partial charge in [-0.3, -0.25) is 0 Å². The highest BCUT2D eigenvalue weighted by Crippen LogP contribution is 2.34. The monoisotopic (exact) mass is 311 g/mol. The number of nitrogens with zero attached hydrogens (tertiary/aromatic N) is 1. The van der Waals surface area contributed by atoms with Crippen molar-refractivity contribution in [2.75, 3.05) is 0 Å². The van der Waals surface area contributed by atoms with Crippen molar-refractivity contribution < 1.29 is 12.8 Å². The molecule has 3 nitrogen and oxygen atoms in total. The van der Waals surface area contributed by atoms with Crippen LogP contribution in [0.15, 0.2) is 46.0 Å². The Morgan fingerprint density at radius 1 is 1.25 bits per heavy atom. The third-order valence-electron chi connectivity index (χ3n) is 3.24. The predicted octanol–water partition coefficient (Wildman–Crippen LogP) is 3.24. The Hall–Kier alpha value is -1.24. The molecule has 20 heavy (non-hydrogen) atoms. The van der Waals surface area contributed by atoms with E-state index in [2.05, 4.69) is 0 Å². The lowest BCUT2D eigenvalue weighted by molar-refractivity contribution is 0.399. The second-order valence-electron chi connectivity index (χ2n) is 4.84. The van der Waals surface area contributed by atoms with E-state index in [1.807, 2.05) is 0 Å². The number of benzene rings is 1. The summed E-state index contributed by atoms with van der Waals surface area (Å²) in [6.07, 6.45) is 1.75. The van der Waals surface area contributed by atoms with E-state index in [4.69, 9.17) is 0 Å². The molecule has 1 aromatic heterocycles. The van der Waals surface area contributed by atoms with E-state index >= 15 is 0 Å². The highest BCUT2D eigenvalue weighted by Gasteiger charge is 2.38. The van der Waals surface area contributed by atoms with E-state index in [1.165, 1.54) is 27.8 Å². The van der Waals surface area contributed by atoms with Gasteiger partial charge in [0.15, 0.2) is 0 Å². The first-order valence-electron chi connectivity index (χ1n) is 6.37. The molecule has 1 fully saturated rings. The smallest absolute Gasteiger partial charge is 0.207 e. The predicted molar refractivity (Wildman–Crippen MR) is 76.5 cm³/mol. The van der Waals surface area contributed by atoms with Gasteiger partial charge in [0.25, 0.3) is 10.0 Å². The second-order valence-corrected chi connectivity index (χ2v) is 7.91. The standard InChI is InChI=1S/C14H14FNO2S2/c15-12-4-1-3-11(9-12)10-16(13-6-7-13)20(17,18)14-5-2-8-19-14/h1-5,8-9,13H,6-7,10H2. The minimum atomic E-state index is -3.48. The molecule has 0 atom stereocenters. The third-order valence-corrected chi connectivity index (χ3v) is 6.51. The van der Waals surface area contributed by atoms with E-state index in [-0.39, 0.29) is 18.4 Å². The van der Waals surface area contributed by atoms with Crippen molar-refractivity contribution in [1.82, 2.24) is 4.31 Å². The van der Waals surface area contributed by atoms with Crippen LogP contribution >= 0.6 is 11.3 Å². The van der Waals surface area contributed by atoms with Gasteiger partial charge in [-0.05, 0) is 42.0 Å². The lowest BCUT2D eigenvalue weighted by Crippen LogP contribution is -2.32. The van der Waals surface area contributed by atoms with Crippen LogP contribution in [0.1, 0.15) is 18.4 Å². The molecule has 1 aromatic carbocycles. The van der Waals surface area contributed by atoms with Crippen LogP contribution in [-0.4, -0.2) is 18.8 Å². The molecule has 1 aliphatic rings. The first-order chi connectivity index (χ1) is 9.57. The molecular weight excluding hydrogens is 297 g/mol. The third kappa shape index (κ3) is 2.77. The van der Waals surface area contributed by atoms with Crippen molar-refractivity contribution in [1.29, 1.82) is 0 Å². The molecule has 0 radical (unpaired) electrons. The molecule has 3 rings (SSSR count). The normalized spacial score (nSPS) is 15.7. The van der Waals surface area contributed by atoms with Crippen molar-refractivity contribution in [3.63, 3.8) is 0 Å². The average molecular weight is 311 g/mol. The van der Waals surface area contributed by atoms with Gasteiger partial charge in [0, 0.05) is 12.6 Å². The zero-order chi connectivity index (χ0) is 14.2. The minimum Gasteiger partial charge on any atom is -0.207 e. The van der Waals surface area contributed by atoms with Gasteiger partial charge in [0.1, 0.15) is 10.0 Å². The van der Waals surface area contributed by atoms with Gasteiger partial charge < -0.3 is 0 Å². The van der Waals surface area contributed by atoms with Crippen LogP contribution in [0, 0.1) is 5.82 Å². The van der Waals surface area contributed by atoms with Crippen molar-refractivity contribution in [2.24, 2.45) is 0 Å². The summed E-state index contributed by atoms with van der Waals surface area (Å²) in [7, 11) is -3.48. The van der Waals surface area contributed by atoms with Crippen LogP contribution in [0.2, 0.25) is 0 Å². The van der Waals surface area contributed by atoms with Gasteiger partial charge in [0.2, 0.25) is 0 Å². The number of halogens is 1.